The highest BCUT2D eigenvalue weighted by molar-refractivity contribution is 5.46. The maximum Gasteiger partial charge on any atom is 0.416 e. The molecule has 2 rings (SSSR count). The largest absolute Gasteiger partial charge is 0.416 e. The monoisotopic (exact) mass is 290 g/mol. The summed E-state index contributed by atoms with van der Waals surface area (Å²) in [7, 11) is 0. The van der Waals surface area contributed by atoms with Gasteiger partial charge in [0.1, 0.15) is 5.82 Å². The Hall–Kier alpha value is -1.30. The minimum absolute atomic E-state index is 0.131. The fourth-order valence-corrected chi connectivity index (χ4v) is 2.42. The Morgan fingerprint density at radius 1 is 1.20 bits per heavy atom. The summed E-state index contributed by atoms with van der Waals surface area (Å²) in [6.45, 7) is 2.57. The van der Waals surface area contributed by atoms with Crippen LogP contribution in [0, 0.1) is 11.7 Å². The van der Waals surface area contributed by atoms with Gasteiger partial charge in [-0.15, -0.1) is 0 Å². The number of nitrogens with one attached hydrogen (secondary N) is 2. The van der Waals surface area contributed by atoms with Crippen molar-refractivity contribution < 1.29 is 17.6 Å². The fraction of sp³-hybridized carbons (Fsp3) is 0.571. The molecule has 6 heteroatoms. The van der Waals surface area contributed by atoms with Crippen LogP contribution in [0.25, 0.3) is 0 Å². The molecule has 0 amide bonds. The average molecular weight is 290 g/mol. The molecule has 0 bridgehead atoms. The second-order valence-corrected chi connectivity index (χ2v) is 5.10. The van der Waals surface area contributed by atoms with Gasteiger partial charge in [0, 0.05) is 6.54 Å². The number of piperidine rings is 1. The highest BCUT2D eigenvalue weighted by Gasteiger charge is 2.31. The van der Waals surface area contributed by atoms with Gasteiger partial charge in [-0.2, -0.15) is 13.2 Å². The highest BCUT2D eigenvalue weighted by Crippen LogP contribution is 2.31. The topological polar surface area (TPSA) is 24.1 Å². The Balaban J connectivity index is 1.86. The molecule has 1 aliphatic heterocycles. The summed E-state index contributed by atoms with van der Waals surface area (Å²) >= 11 is 0. The number of alkyl halides is 3. The van der Waals surface area contributed by atoms with Crippen LogP contribution in [-0.2, 0) is 6.18 Å². The van der Waals surface area contributed by atoms with Crippen LogP contribution in [0.3, 0.4) is 0 Å². The first-order valence-electron chi connectivity index (χ1n) is 6.78. The predicted molar refractivity (Wildman–Crippen MR) is 70.1 cm³/mol. The Morgan fingerprint density at radius 3 is 2.50 bits per heavy atom. The first-order chi connectivity index (χ1) is 9.47. The third kappa shape index (κ3) is 4.10. The van der Waals surface area contributed by atoms with E-state index in [4.69, 9.17) is 0 Å². The van der Waals surface area contributed by atoms with Crippen LogP contribution in [0.4, 0.5) is 23.2 Å². The van der Waals surface area contributed by atoms with Gasteiger partial charge < -0.3 is 10.6 Å². The van der Waals surface area contributed by atoms with E-state index in [0.29, 0.717) is 18.5 Å². The third-order valence-corrected chi connectivity index (χ3v) is 3.62. The molecule has 0 radical (unpaired) electrons. The molecule has 1 aliphatic rings. The summed E-state index contributed by atoms with van der Waals surface area (Å²) in [6, 6.07) is 2.59. The molecule has 1 heterocycles. The molecule has 0 unspecified atom stereocenters. The van der Waals surface area contributed by atoms with Gasteiger partial charge in [-0.3, -0.25) is 0 Å². The van der Waals surface area contributed by atoms with Crippen molar-refractivity contribution in [2.75, 3.05) is 25.0 Å². The molecular formula is C14H18F4N2. The molecule has 0 atom stereocenters. The Kier molecular flexibility index (Phi) is 4.86. The molecule has 2 N–H and O–H groups in total. The van der Waals surface area contributed by atoms with Crippen molar-refractivity contribution in [1.82, 2.24) is 5.32 Å². The van der Waals surface area contributed by atoms with Crippen LogP contribution >= 0.6 is 0 Å². The smallest absolute Gasteiger partial charge is 0.383 e. The highest BCUT2D eigenvalue weighted by atomic mass is 19.4. The van der Waals surface area contributed by atoms with Gasteiger partial charge in [0.2, 0.25) is 0 Å². The molecule has 1 fully saturated rings. The van der Waals surface area contributed by atoms with E-state index < -0.39 is 17.6 Å². The van der Waals surface area contributed by atoms with E-state index in [1.807, 2.05) is 0 Å². The van der Waals surface area contributed by atoms with Crippen LogP contribution in [0.1, 0.15) is 24.8 Å². The fourth-order valence-electron chi connectivity index (χ4n) is 2.42. The van der Waals surface area contributed by atoms with Gasteiger partial charge >= 0.3 is 6.18 Å². The summed E-state index contributed by atoms with van der Waals surface area (Å²) in [6.07, 6.45) is -1.41. The van der Waals surface area contributed by atoms with E-state index in [9.17, 15) is 17.6 Å². The Labute approximate surface area is 115 Å². The van der Waals surface area contributed by atoms with E-state index >= 15 is 0 Å². The number of hydrogen-bond donors (Lipinski definition) is 2. The lowest BCUT2D eigenvalue weighted by molar-refractivity contribution is -0.137. The number of benzene rings is 1. The van der Waals surface area contributed by atoms with E-state index in [-0.39, 0.29) is 5.69 Å². The second-order valence-electron chi connectivity index (χ2n) is 5.10. The van der Waals surface area contributed by atoms with Crippen molar-refractivity contribution in [1.29, 1.82) is 0 Å². The van der Waals surface area contributed by atoms with Gasteiger partial charge in [-0.05, 0) is 56.5 Å². The molecule has 2 nitrogen and oxygen atoms in total. The minimum atomic E-state index is -4.51. The van der Waals surface area contributed by atoms with Crippen molar-refractivity contribution in [3.05, 3.63) is 29.6 Å². The van der Waals surface area contributed by atoms with Crippen molar-refractivity contribution in [2.24, 2.45) is 5.92 Å². The maximum atomic E-state index is 13.6. The number of hydrogen-bond acceptors (Lipinski definition) is 2. The molecule has 1 aromatic rings. The zero-order chi connectivity index (χ0) is 14.6. The van der Waals surface area contributed by atoms with Crippen LogP contribution < -0.4 is 10.6 Å². The van der Waals surface area contributed by atoms with Gasteiger partial charge in [0.25, 0.3) is 0 Å². The molecule has 112 valence electrons. The van der Waals surface area contributed by atoms with Crippen LogP contribution in [0.2, 0.25) is 0 Å². The molecule has 0 aromatic heterocycles. The normalized spacial score (nSPS) is 17.2. The molecule has 0 spiro atoms. The van der Waals surface area contributed by atoms with E-state index in [0.717, 1.165) is 44.5 Å². The summed E-state index contributed by atoms with van der Waals surface area (Å²) in [5.41, 5.74) is -0.828. The van der Waals surface area contributed by atoms with E-state index in [1.54, 1.807) is 0 Å². The quantitative estimate of drug-likeness (QED) is 0.827. The third-order valence-electron chi connectivity index (χ3n) is 3.62. The van der Waals surface area contributed by atoms with Crippen molar-refractivity contribution in [3.63, 3.8) is 0 Å². The number of halogens is 4. The molecule has 1 saturated heterocycles. The van der Waals surface area contributed by atoms with Crippen LogP contribution in [0.15, 0.2) is 18.2 Å². The second kappa shape index (κ2) is 6.43. The molecule has 1 aromatic carbocycles. The summed E-state index contributed by atoms with van der Waals surface area (Å²) in [5.74, 6) is -0.258. The lowest BCUT2D eigenvalue weighted by atomic mass is 9.95. The Bertz CT molecular complexity index is 439. The molecule has 0 saturated carbocycles. The molecule has 0 aliphatic carbocycles. The minimum Gasteiger partial charge on any atom is -0.383 e. The lowest BCUT2D eigenvalue weighted by Gasteiger charge is -2.22. The number of anilines is 1. The lowest BCUT2D eigenvalue weighted by Crippen LogP contribution is -2.28. The molecular weight excluding hydrogens is 272 g/mol. The van der Waals surface area contributed by atoms with Crippen LogP contribution in [-0.4, -0.2) is 19.6 Å². The standard InChI is InChI=1S/C14H18F4N2/c15-12-9-11(14(16,17)18)1-2-13(12)20-8-5-10-3-6-19-7-4-10/h1-2,9-10,19-20H,3-8H2. The predicted octanol–water partition coefficient (Wildman–Crippen LogP) is 3.65. The SMILES string of the molecule is Fc1cc(C(F)(F)F)ccc1NCCC1CCNCC1. The summed E-state index contributed by atoms with van der Waals surface area (Å²) in [4.78, 5) is 0. The summed E-state index contributed by atoms with van der Waals surface area (Å²) < 4.78 is 50.8. The maximum absolute atomic E-state index is 13.6. The first-order valence-corrected chi connectivity index (χ1v) is 6.78. The molecule has 20 heavy (non-hydrogen) atoms. The Morgan fingerprint density at radius 2 is 1.90 bits per heavy atom. The van der Waals surface area contributed by atoms with Crippen molar-refractivity contribution in [3.8, 4) is 0 Å². The van der Waals surface area contributed by atoms with Crippen LogP contribution in [0.5, 0.6) is 0 Å². The zero-order valence-corrected chi connectivity index (χ0v) is 11.1. The number of rotatable bonds is 4. The van der Waals surface area contributed by atoms with E-state index in [2.05, 4.69) is 10.6 Å². The van der Waals surface area contributed by atoms with E-state index in [1.165, 1.54) is 0 Å². The van der Waals surface area contributed by atoms with Gasteiger partial charge in [0.05, 0.1) is 11.3 Å². The zero-order valence-electron chi connectivity index (χ0n) is 11.1. The van der Waals surface area contributed by atoms with Crippen molar-refractivity contribution in [2.45, 2.75) is 25.4 Å². The first kappa shape index (κ1) is 15.1. The van der Waals surface area contributed by atoms with Gasteiger partial charge in [0.15, 0.2) is 0 Å². The van der Waals surface area contributed by atoms with Gasteiger partial charge in [-0.1, -0.05) is 0 Å². The van der Waals surface area contributed by atoms with Gasteiger partial charge in [-0.25, -0.2) is 4.39 Å². The van der Waals surface area contributed by atoms with Crippen molar-refractivity contribution >= 4 is 5.69 Å². The average Bonchev–Trinajstić information content (AvgIpc) is 2.40. The summed E-state index contributed by atoms with van der Waals surface area (Å²) in [5, 5.41) is 6.14.